The number of hydrogen-bond donors (Lipinski definition) is 2. The Morgan fingerprint density at radius 2 is 1.84 bits per heavy atom. The zero-order valence-electron chi connectivity index (χ0n) is 17.4. The zero-order chi connectivity index (χ0) is 22.4. The van der Waals surface area contributed by atoms with Crippen molar-refractivity contribution in [2.45, 2.75) is 19.4 Å². The van der Waals surface area contributed by atoms with Crippen LogP contribution in [0.1, 0.15) is 35.4 Å². The van der Waals surface area contributed by atoms with Crippen LogP contribution in [0.15, 0.2) is 60.1 Å². The van der Waals surface area contributed by atoms with Crippen LogP contribution in [0.3, 0.4) is 0 Å². The average molecular weight is 421 g/mol. The van der Waals surface area contributed by atoms with Gasteiger partial charge >= 0.3 is 5.97 Å². The molecule has 2 N–H and O–H groups in total. The molecule has 1 atom stereocenters. The van der Waals surface area contributed by atoms with Gasteiger partial charge in [-0.1, -0.05) is 18.2 Å². The molecule has 0 saturated carbocycles. The summed E-state index contributed by atoms with van der Waals surface area (Å²) in [6.45, 7) is 1.78. The molecule has 1 heterocycles. The van der Waals surface area contributed by atoms with Crippen molar-refractivity contribution in [3.8, 4) is 11.4 Å². The van der Waals surface area contributed by atoms with Crippen molar-refractivity contribution in [2.24, 2.45) is 0 Å². The molecule has 8 heteroatoms. The molecule has 0 radical (unpaired) electrons. The van der Waals surface area contributed by atoms with E-state index in [-0.39, 0.29) is 29.3 Å². The van der Waals surface area contributed by atoms with Gasteiger partial charge in [0.05, 0.1) is 24.4 Å². The average Bonchev–Trinajstić information content (AvgIpc) is 2.79. The summed E-state index contributed by atoms with van der Waals surface area (Å²) < 4.78 is 10.1. The predicted molar refractivity (Wildman–Crippen MR) is 116 cm³/mol. The van der Waals surface area contributed by atoms with E-state index >= 15 is 0 Å². The summed E-state index contributed by atoms with van der Waals surface area (Å²) in [7, 11) is 2.90. The second kappa shape index (κ2) is 9.82. The lowest BCUT2D eigenvalue weighted by atomic mass is 10.0. The van der Waals surface area contributed by atoms with Gasteiger partial charge in [0.2, 0.25) is 0 Å². The monoisotopic (exact) mass is 421 g/mol. The summed E-state index contributed by atoms with van der Waals surface area (Å²) in [5.74, 6) is 0.320. The number of esters is 1. The molecule has 8 nitrogen and oxygen atoms in total. The Hall–Kier alpha value is -3.78. The number of allylic oxidation sites excluding steroid dienone is 3. The molecule has 1 aromatic carbocycles. The summed E-state index contributed by atoms with van der Waals surface area (Å²) in [6.07, 6.45) is 8.29. The van der Waals surface area contributed by atoms with Gasteiger partial charge < -0.3 is 19.7 Å². The normalized spacial score (nSPS) is 16.7. The first-order chi connectivity index (χ1) is 14.9. The van der Waals surface area contributed by atoms with Crippen LogP contribution in [0.5, 0.6) is 0 Å². The molecule has 160 valence electrons. The fourth-order valence-corrected chi connectivity index (χ4v) is 2.96. The number of nitrogens with zero attached hydrogens (tertiary/aromatic N) is 3. The minimum absolute atomic E-state index is 0.0289. The maximum absolute atomic E-state index is 11.7. The van der Waals surface area contributed by atoms with Crippen molar-refractivity contribution in [3.05, 3.63) is 77.3 Å². The van der Waals surface area contributed by atoms with Gasteiger partial charge in [-0.25, -0.2) is 19.7 Å². The van der Waals surface area contributed by atoms with E-state index in [0.29, 0.717) is 28.9 Å². The van der Waals surface area contributed by atoms with Gasteiger partial charge in [-0.15, -0.1) is 0 Å². The van der Waals surface area contributed by atoms with E-state index < -0.39 is 5.97 Å². The first-order valence-corrected chi connectivity index (χ1v) is 9.57. The van der Waals surface area contributed by atoms with Gasteiger partial charge in [0, 0.05) is 18.7 Å². The van der Waals surface area contributed by atoms with Crippen LogP contribution in [0.25, 0.3) is 23.0 Å². The molecule has 1 aliphatic rings. The number of aliphatic hydroxyl groups is 2. The summed E-state index contributed by atoms with van der Waals surface area (Å²) in [4.78, 5) is 25.0. The molecule has 1 aliphatic carbocycles. The van der Waals surface area contributed by atoms with Gasteiger partial charge in [-0.2, -0.15) is 0 Å². The van der Waals surface area contributed by atoms with Crippen molar-refractivity contribution in [2.75, 3.05) is 14.2 Å². The van der Waals surface area contributed by atoms with E-state index in [4.69, 9.17) is 9.47 Å². The van der Waals surface area contributed by atoms with Gasteiger partial charge in [0.15, 0.2) is 17.5 Å². The van der Waals surface area contributed by atoms with E-state index in [1.54, 1.807) is 56.5 Å². The van der Waals surface area contributed by atoms with Gasteiger partial charge in [0.1, 0.15) is 11.5 Å². The SMILES string of the molecule is C/C=C\C(O)=C\c1nc(C2=CC(OC)CC=C2O)nc(-c2ccc(C(=O)OC)cc2)n1. The number of carbonyl (C=O) groups is 1. The van der Waals surface area contributed by atoms with E-state index in [1.807, 2.05) is 0 Å². The molecule has 2 aromatic rings. The number of rotatable bonds is 6. The minimum Gasteiger partial charge on any atom is -0.508 e. The molecule has 0 bridgehead atoms. The molecule has 0 aliphatic heterocycles. The highest BCUT2D eigenvalue weighted by atomic mass is 16.5. The van der Waals surface area contributed by atoms with Crippen LogP contribution >= 0.6 is 0 Å². The molecule has 1 unspecified atom stereocenters. The van der Waals surface area contributed by atoms with Crippen LogP contribution < -0.4 is 0 Å². The maximum atomic E-state index is 11.7. The number of carbonyl (C=O) groups excluding carboxylic acids is 1. The Balaban J connectivity index is 2.12. The van der Waals surface area contributed by atoms with Crippen LogP contribution in [0.4, 0.5) is 0 Å². The molecule has 3 rings (SSSR count). The summed E-state index contributed by atoms with van der Waals surface area (Å²) >= 11 is 0. The van der Waals surface area contributed by atoms with Crippen LogP contribution in [0, 0.1) is 0 Å². The van der Waals surface area contributed by atoms with Gasteiger partial charge in [0.25, 0.3) is 0 Å². The Kier molecular flexibility index (Phi) is 6.94. The predicted octanol–water partition coefficient (Wildman–Crippen LogP) is 4.04. The fourth-order valence-electron chi connectivity index (χ4n) is 2.96. The molecular formula is C23H23N3O5. The van der Waals surface area contributed by atoms with Crippen molar-refractivity contribution < 1.29 is 24.5 Å². The van der Waals surface area contributed by atoms with Crippen LogP contribution in [0.2, 0.25) is 0 Å². The van der Waals surface area contributed by atoms with Crippen LogP contribution in [-0.2, 0) is 9.47 Å². The standard InChI is InChI=1S/C23H23N3O5/c1-4-5-16(27)12-20-24-21(14-6-8-15(9-7-14)23(29)31-3)26-22(25-20)18-13-17(30-2)10-11-19(18)28/h4-9,11-13,17,27-28H,10H2,1-3H3/b5-4-,16-12-. The van der Waals surface area contributed by atoms with Gasteiger partial charge in [-0.05, 0) is 43.7 Å². The lowest BCUT2D eigenvalue weighted by molar-refractivity contribution is 0.0600. The lowest BCUT2D eigenvalue weighted by Crippen LogP contribution is -2.13. The number of methoxy groups -OCH3 is 2. The highest BCUT2D eigenvalue weighted by molar-refractivity contribution is 5.89. The zero-order valence-corrected chi connectivity index (χ0v) is 17.4. The maximum Gasteiger partial charge on any atom is 0.337 e. The minimum atomic E-state index is -0.448. The molecule has 0 spiro atoms. The molecule has 0 amide bonds. The number of aromatic nitrogens is 3. The third-order valence-corrected chi connectivity index (χ3v) is 4.55. The van der Waals surface area contributed by atoms with Crippen molar-refractivity contribution in [1.82, 2.24) is 15.0 Å². The quantitative estimate of drug-likeness (QED) is 0.408. The smallest absolute Gasteiger partial charge is 0.337 e. The fraction of sp³-hybridized carbons (Fsp3) is 0.217. The second-order valence-corrected chi connectivity index (χ2v) is 6.66. The topological polar surface area (TPSA) is 115 Å². The number of benzene rings is 1. The summed E-state index contributed by atoms with van der Waals surface area (Å²) in [5, 5.41) is 20.4. The molecular weight excluding hydrogens is 398 g/mol. The van der Waals surface area contributed by atoms with E-state index in [1.165, 1.54) is 19.3 Å². The largest absolute Gasteiger partial charge is 0.508 e. The van der Waals surface area contributed by atoms with E-state index in [0.717, 1.165) is 0 Å². The summed E-state index contributed by atoms with van der Waals surface area (Å²) in [6, 6.07) is 6.59. The Labute approximate surface area is 179 Å². The number of aliphatic hydroxyl groups excluding tert-OH is 2. The Morgan fingerprint density at radius 3 is 2.48 bits per heavy atom. The second-order valence-electron chi connectivity index (χ2n) is 6.66. The lowest BCUT2D eigenvalue weighted by Gasteiger charge is -2.17. The number of ether oxygens (including phenoxy) is 2. The first-order valence-electron chi connectivity index (χ1n) is 9.57. The summed E-state index contributed by atoms with van der Waals surface area (Å²) in [5.41, 5.74) is 1.43. The Morgan fingerprint density at radius 1 is 1.13 bits per heavy atom. The molecule has 0 fully saturated rings. The van der Waals surface area contributed by atoms with Crippen molar-refractivity contribution in [1.29, 1.82) is 0 Å². The number of hydrogen-bond acceptors (Lipinski definition) is 8. The highest BCUT2D eigenvalue weighted by Gasteiger charge is 2.20. The third kappa shape index (κ3) is 5.23. The molecule has 1 aromatic heterocycles. The first kappa shape index (κ1) is 21.9. The highest BCUT2D eigenvalue weighted by Crippen LogP contribution is 2.27. The van der Waals surface area contributed by atoms with Gasteiger partial charge in [-0.3, -0.25) is 0 Å². The van der Waals surface area contributed by atoms with Crippen molar-refractivity contribution in [3.63, 3.8) is 0 Å². The molecule has 31 heavy (non-hydrogen) atoms. The van der Waals surface area contributed by atoms with E-state index in [2.05, 4.69) is 15.0 Å². The van der Waals surface area contributed by atoms with Crippen molar-refractivity contribution >= 4 is 17.6 Å². The third-order valence-electron chi connectivity index (χ3n) is 4.55. The van der Waals surface area contributed by atoms with Crippen LogP contribution in [-0.4, -0.2) is 51.5 Å². The molecule has 0 saturated heterocycles. The van der Waals surface area contributed by atoms with E-state index in [9.17, 15) is 15.0 Å². The Bertz CT molecular complexity index is 1080.